The van der Waals surface area contributed by atoms with E-state index in [2.05, 4.69) is 14.1 Å². The minimum atomic E-state index is 0.517. The maximum absolute atomic E-state index is 6.18. The lowest BCUT2D eigenvalue weighted by atomic mass is 9.93. The Morgan fingerprint density at radius 2 is 1.94 bits per heavy atom. The van der Waals surface area contributed by atoms with Gasteiger partial charge in [0.25, 0.3) is 0 Å². The number of fused-ring (bicyclic) bond motifs is 1. The van der Waals surface area contributed by atoms with E-state index in [-0.39, 0.29) is 0 Å². The summed E-state index contributed by atoms with van der Waals surface area (Å²) in [5.41, 5.74) is 2.40. The number of nitrogens with one attached hydrogen (secondary N) is 1. The van der Waals surface area contributed by atoms with Gasteiger partial charge in [0.2, 0.25) is 0 Å². The molecular weight excluding hydrogens is 265 g/mol. The van der Waals surface area contributed by atoms with Gasteiger partial charge in [-0.05, 0) is 25.3 Å². The first-order chi connectivity index (χ1) is 7.75. The third-order valence-electron chi connectivity index (χ3n) is 2.90. The zero-order valence-electron chi connectivity index (χ0n) is 8.33. The highest BCUT2D eigenvalue weighted by Crippen LogP contribution is 2.37. The Labute approximate surface area is 107 Å². The van der Waals surface area contributed by atoms with Crippen LogP contribution >= 0.6 is 34.9 Å². The molecule has 2 aromatic rings. The summed E-state index contributed by atoms with van der Waals surface area (Å²) in [6.45, 7) is 0. The van der Waals surface area contributed by atoms with Crippen LogP contribution in [0.1, 0.15) is 19.3 Å². The minimum Gasteiger partial charge on any atom is -0.379 e. The summed E-state index contributed by atoms with van der Waals surface area (Å²) in [6, 6.07) is 2.25. The van der Waals surface area contributed by atoms with E-state index in [1.54, 1.807) is 6.07 Å². The zero-order valence-corrected chi connectivity index (χ0v) is 10.7. The molecule has 0 saturated heterocycles. The van der Waals surface area contributed by atoms with Gasteiger partial charge >= 0.3 is 0 Å². The van der Waals surface area contributed by atoms with Crippen molar-refractivity contribution in [2.45, 2.75) is 25.3 Å². The molecule has 6 heteroatoms. The number of anilines is 1. The van der Waals surface area contributed by atoms with Gasteiger partial charge in [-0.1, -0.05) is 23.2 Å². The molecule has 0 spiro atoms. The lowest BCUT2D eigenvalue weighted by Gasteiger charge is -2.28. The Morgan fingerprint density at radius 1 is 1.19 bits per heavy atom. The highest BCUT2D eigenvalue weighted by Gasteiger charge is 2.21. The van der Waals surface area contributed by atoms with Gasteiger partial charge in [0.1, 0.15) is 11.0 Å². The third kappa shape index (κ3) is 1.65. The van der Waals surface area contributed by atoms with Gasteiger partial charge in [-0.25, -0.2) is 0 Å². The van der Waals surface area contributed by atoms with Crippen molar-refractivity contribution in [3.63, 3.8) is 0 Å². The predicted octanol–water partition coefficient (Wildman–Crippen LogP) is 3.96. The van der Waals surface area contributed by atoms with Gasteiger partial charge in [-0.15, -0.1) is 0 Å². The molecule has 1 heterocycles. The number of aromatic nitrogens is 2. The summed E-state index contributed by atoms with van der Waals surface area (Å²) in [5.74, 6) is 0. The predicted molar refractivity (Wildman–Crippen MR) is 68.7 cm³/mol. The second-order valence-electron chi connectivity index (χ2n) is 3.95. The van der Waals surface area contributed by atoms with Crippen molar-refractivity contribution < 1.29 is 0 Å². The number of hydrogen-bond acceptors (Lipinski definition) is 4. The van der Waals surface area contributed by atoms with E-state index in [0.29, 0.717) is 16.1 Å². The fourth-order valence-electron chi connectivity index (χ4n) is 1.77. The molecule has 1 aromatic heterocycles. The summed E-state index contributed by atoms with van der Waals surface area (Å²) < 4.78 is 8.42. The van der Waals surface area contributed by atoms with E-state index >= 15 is 0 Å². The van der Waals surface area contributed by atoms with Crippen LogP contribution in [0.15, 0.2) is 6.07 Å². The molecule has 3 nitrogen and oxygen atoms in total. The molecule has 1 aromatic carbocycles. The lowest BCUT2D eigenvalue weighted by molar-refractivity contribution is 0.446. The van der Waals surface area contributed by atoms with Crippen molar-refractivity contribution in [1.82, 2.24) is 8.75 Å². The molecule has 0 amide bonds. The summed E-state index contributed by atoms with van der Waals surface area (Å²) in [7, 11) is 0. The quantitative estimate of drug-likeness (QED) is 0.900. The molecule has 0 radical (unpaired) electrons. The molecule has 3 rings (SSSR count). The smallest absolute Gasteiger partial charge is 0.130 e. The SMILES string of the molecule is Clc1cc(Cl)c2nsnc2c1NC1CCC1. The van der Waals surface area contributed by atoms with Gasteiger partial charge in [-0.3, -0.25) is 0 Å². The maximum atomic E-state index is 6.18. The van der Waals surface area contributed by atoms with Crippen molar-refractivity contribution >= 4 is 51.7 Å². The lowest BCUT2D eigenvalue weighted by Crippen LogP contribution is -2.27. The van der Waals surface area contributed by atoms with E-state index in [9.17, 15) is 0 Å². The third-order valence-corrected chi connectivity index (χ3v) is 4.01. The van der Waals surface area contributed by atoms with Crippen LogP contribution in [-0.2, 0) is 0 Å². The van der Waals surface area contributed by atoms with Crippen LogP contribution in [0.4, 0.5) is 5.69 Å². The Hall–Kier alpha value is -0.580. The number of hydrogen-bond donors (Lipinski definition) is 1. The number of benzene rings is 1. The molecule has 1 saturated carbocycles. The Balaban J connectivity index is 2.10. The molecule has 0 atom stereocenters. The van der Waals surface area contributed by atoms with Crippen LogP contribution < -0.4 is 5.32 Å². The molecular formula is C10H9Cl2N3S. The highest BCUT2D eigenvalue weighted by atomic mass is 35.5. The maximum Gasteiger partial charge on any atom is 0.130 e. The normalized spacial score (nSPS) is 16.4. The molecule has 16 heavy (non-hydrogen) atoms. The van der Waals surface area contributed by atoms with E-state index in [1.807, 2.05) is 0 Å². The molecule has 1 N–H and O–H groups in total. The Kier molecular flexibility index (Phi) is 2.65. The minimum absolute atomic E-state index is 0.517. The summed E-state index contributed by atoms with van der Waals surface area (Å²) in [5, 5.41) is 4.60. The topological polar surface area (TPSA) is 37.8 Å². The molecule has 0 unspecified atom stereocenters. The van der Waals surface area contributed by atoms with Crippen molar-refractivity contribution in [2.24, 2.45) is 0 Å². The van der Waals surface area contributed by atoms with E-state index < -0.39 is 0 Å². The fourth-order valence-corrected chi connectivity index (χ4v) is 2.93. The first-order valence-electron chi connectivity index (χ1n) is 5.12. The molecule has 0 bridgehead atoms. The Bertz CT molecular complexity index is 536. The average Bonchev–Trinajstić information content (AvgIpc) is 2.63. The molecule has 84 valence electrons. The van der Waals surface area contributed by atoms with Gasteiger partial charge in [-0.2, -0.15) is 8.75 Å². The standard InChI is InChI=1S/C10H9Cl2N3S/c11-6-4-7(12)9-10(15-16-14-9)8(6)13-5-2-1-3-5/h4-5,13H,1-3H2. The molecule has 1 aliphatic carbocycles. The highest BCUT2D eigenvalue weighted by molar-refractivity contribution is 7.00. The first-order valence-corrected chi connectivity index (χ1v) is 6.61. The van der Waals surface area contributed by atoms with Crippen LogP contribution in [0.2, 0.25) is 10.0 Å². The van der Waals surface area contributed by atoms with Crippen LogP contribution in [-0.4, -0.2) is 14.8 Å². The van der Waals surface area contributed by atoms with Crippen molar-refractivity contribution in [2.75, 3.05) is 5.32 Å². The number of nitrogens with zero attached hydrogens (tertiary/aromatic N) is 2. The monoisotopic (exact) mass is 273 g/mol. The second kappa shape index (κ2) is 4.02. The van der Waals surface area contributed by atoms with E-state index in [0.717, 1.165) is 28.4 Å². The zero-order chi connectivity index (χ0) is 11.1. The van der Waals surface area contributed by atoms with Crippen LogP contribution in [0.25, 0.3) is 11.0 Å². The van der Waals surface area contributed by atoms with Crippen LogP contribution in [0.5, 0.6) is 0 Å². The molecule has 1 aliphatic rings. The van der Waals surface area contributed by atoms with Gasteiger partial charge in [0.15, 0.2) is 0 Å². The van der Waals surface area contributed by atoms with Gasteiger partial charge in [0.05, 0.1) is 27.5 Å². The largest absolute Gasteiger partial charge is 0.379 e. The number of rotatable bonds is 2. The van der Waals surface area contributed by atoms with Crippen LogP contribution in [0, 0.1) is 0 Å². The van der Waals surface area contributed by atoms with Crippen molar-refractivity contribution in [3.8, 4) is 0 Å². The summed E-state index contributed by atoms with van der Waals surface area (Å²) >= 11 is 13.4. The average molecular weight is 274 g/mol. The number of halogens is 2. The molecule has 1 fully saturated rings. The Morgan fingerprint density at radius 3 is 2.62 bits per heavy atom. The summed E-state index contributed by atoms with van der Waals surface area (Å²) in [4.78, 5) is 0. The fraction of sp³-hybridized carbons (Fsp3) is 0.400. The van der Waals surface area contributed by atoms with Crippen molar-refractivity contribution in [1.29, 1.82) is 0 Å². The van der Waals surface area contributed by atoms with Crippen LogP contribution in [0.3, 0.4) is 0 Å². The second-order valence-corrected chi connectivity index (χ2v) is 5.29. The molecule has 0 aliphatic heterocycles. The van der Waals surface area contributed by atoms with E-state index in [1.165, 1.54) is 19.3 Å². The van der Waals surface area contributed by atoms with E-state index in [4.69, 9.17) is 23.2 Å². The van der Waals surface area contributed by atoms with Crippen molar-refractivity contribution in [3.05, 3.63) is 16.1 Å². The van der Waals surface area contributed by atoms with Gasteiger partial charge in [0, 0.05) is 6.04 Å². The van der Waals surface area contributed by atoms with Gasteiger partial charge < -0.3 is 5.32 Å². The summed E-state index contributed by atoms with van der Waals surface area (Å²) in [6.07, 6.45) is 3.66. The first kappa shape index (κ1) is 10.6.